The van der Waals surface area contributed by atoms with Gasteiger partial charge in [-0.3, -0.25) is 4.57 Å². The third-order valence-electron chi connectivity index (χ3n) is 5.69. The van der Waals surface area contributed by atoms with Crippen LogP contribution in [0.3, 0.4) is 0 Å². The van der Waals surface area contributed by atoms with E-state index in [0.717, 1.165) is 17.8 Å². The molecule has 9 heteroatoms. The van der Waals surface area contributed by atoms with Crippen LogP contribution in [0.25, 0.3) is 0 Å². The first-order valence-electron chi connectivity index (χ1n) is 10.7. The molecule has 0 aromatic heterocycles. The van der Waals surface area contributed by atoms with Crippen molar-refractivity contribution in [3.05, 3.63) is 0 Å². The van der Waals surface area contributed by atoms with Gasteiger partial charge in [0, 0.05) is 24.7 Å². The van der Waals surface area contributed by atoms with Crippen molar-refractivity contribution in [3.63, 3.8) is 0 Å². The maximum atomic E-state index is 12.7. The lowest BCUT2D eigenvalue weighted by molar-refractivity contribution is -0.195. The molecule has 2 rings (SSSR count). The molecule has 2 fully saturated rings. The van der Waals surface area contributed by atoms with Crippen LogP contribution in [0, 0.1) is 17.8 Å². The van der Waals surface area contributed by atoms with E-state index in [1.54, 1.807) is 0 Å². The van der Waals surface area contributed by atoms with Crippen LogP contribution in [0.15, 0.2) is 0 Å². The maximum Gasteiger partial charge on any atom is 0.192 e. The van der Waals surface area contributed by atoms with Gasteiger partial charge in [-0.05, 0) is 52.9 Å². The first-order valence-corrected chi connectivity index (χ1v) is 13.8. The molecular weight excluding hydrogens is 415 g/mol. The highest BCUT2D eigenvalue weighted by molar-refractivity contribution is 8.54. The van der Waals surface area contributed by atoms with Gasteiger partial charge in [-0.25, -0.2) is 0 Å². The minimum absolute atomic E-state index is 0.00543. The predicted molar refractivity (Wildman–Crippen MR) is 113 cm³/mol. The highest BCUT2D eigenvalue weighted by Gasteiger charge is 2.43. The molecule has 1 aliphatic carbocycles. The summed E-state index contributed by atoms with van der Waals surface area (Å²) in [7, 11) is 0. The van der Waals surface area contributed by atoms with Crippen molar-refractivity contribution in [2.24, 2.45) is 17.8 Å². The first-order chi connectivity index (χ1) is 13.5. The lowest BCUT2D eigenvalue weighted by Crippen LogP contribution is -2.31. The van der Waals surface area contributed by atoms with Crippen LogP contribution in [0.1, 0.15) is 54.4 Å². The second kappa shape index (κ2) is 11.3. The van der Waals surface area contributed by atoms with Crippen molar-refractivity contribution >= 4 is 18.2 Å². The van der Waals surface area contributed by atoms with Gasteiger partial charge in [-0.15, -0.1) is 0 Å². The zero-order chi connectivity index (χ0) is 21.8. The Morgan fingerprint density at radius 1 is 1.14 bits per heavy atom. The second-order valence-corrected chi connectivity index (χ2v) is 12.7. The number of rotatable bonds is 11. The Balaban J connectivity index is 1.95. The van der Waals surface area contributed by atoms with E-state index in [-0.39, 0.29) is 60.6 Å². The molecule has 1 saturated heterocycles. The molecule has 0 radical (unpaired) electrons. The van der Waals surface area contributed by atoms with Crippen molar-refractivity contribution in [2.75, 3.05) is 19.0 Å². The molecule has 0 bridgehead atoms. The molecular formula is C20H38O7PS-. The summed E-state index contributed by atoms with van der Waals surface area (Å²) in [4.78, 5) is 12.7. The predicted octanol–water partition coefficient (Wildman–Crippen LogP) is 3.23. The lowest BCUT2D eigenvalue weighted by Gasteiger charge is -2.32. The molecule has 172 valence electrons. The smallest absolute Gasteiger partial charge is 0.192 e. The third kappa shape index (κ3) is 7.76. The van der Waals surface area contributed by atoms with Crippen LogP contribution in [-0.4, -0.2) is 60.7 Å². The van der Waals surface area contributed by atoms with E-state index >= 15 is 0 Å². The Labute approximate surface area is 179 Å². The van der Waals surface area contributed by atoms with Gasteiger partial charge in [0.1, 0.15) is 0 Å². The highest BCUT2D eigenvalue weighted by Crippen LogP contribution is 2.56. The van der Waals surface area contributed by atoms with Gasteiger partial charge >= 0.3 is 0 Å². The molecule has 1 heterocycles. The van der Waals surface area contributed by atoms with E-state index in [1.165, 1.54) is 0 Å². The van der Waals surface area contributed by atoms with Gasteiger partial charge in [0.25, 0.3) is 0 Å². The molecule has 0 aromatic rings. The average Bonchev–Trinajstić information content (AvgIpc) is 3.08. The zero-order valence-electron chi connectivity index (χ0n) is 18.5. The Hall–Kier alpha value is 0.340. The van der Waals surface area contributed by atoms with Crippen LogP contribution >= 0.6 is 18.2 Å². The molecule has 0 spiro atoms. The minimum atomic E-state index is -4.13. The van der Waals surface area contributed by atoms with Gasteiger partial charge in [-0.1, -0.05) is 18.3 Å². The number of ether oxygens (including phenoxy) is 3. The van der Waals surface area contributed by atoms with E-state index in [1.807, 2.05) is 41.5 Å². The molecule has 1 saturated carbocycles. The Morgan fingerprint density at radius 2 is 1.83 bits per heavy atom. The van der Waals surface area contributed by atoms with Crippen molar-refractivity contribution < 1.29 is 33.3 Å². The molecule has 1 N–H and O–H groups in total. The van der Waals surface area contributed by atoms with Crippen LogP contribution < -0.4 is 4.89 Å². The molecule has 7 nitrogen and oxygen atoms in total. The fraction of sp³-hybridized carbons (Fsp3) is 1.00. The fourth-order valence-corrected chi connectivity index (χ4v) is 7.07. The topological polar surface area (TPSA) is 97.3 Å². The van der Waals surface area contributed by atoms with E-state index in [0.29, 0.717) is 13.0 Å². The van der Waals surface area contributed by atoms with Crippen molar-refractivity contribution in [1.82, 2.24) is 0 Å². The molecule has 0 aromatic carbocycles. The quantitative estimate of drug-likeness (QED) is 0.476. The zero-order valence-corrected chi connectivity index (χ0v) is 20.2. The SMILES string of the molecule is CC(C)OCC1C(OP(=O)([O-])SCC2OC(C)CC2OC(C)C)CC(C)C1CO. The van der Waals surface area contributed by atoms with Gasteiger partial charge in [0.05, 0.1) is 43.2 Å². The minimum Gasteiger partial charge on any atom is -0.770 e. The van der Waals surface area contributed by atoms with Crippen molar-refractivity contribution in [2.45, 2.75) is 91.0 Å². The van der Waals surface area contributed by atoms with Crippen LogP contribution in [-0.2, 0) is 23.3 Å². The Kier molecular flexibility index (Phi) is 9.96. The van der Waals surface area contributed by atoms with Crippen molar-refractivity contribution in [1.29, 1.82) is 0 Å². The standard InChI is InChI=1S/C20H39O7PS/c1-12(2)24-10-17-16(9-21)14(5)7-18(17)27-28(22,23)29-11-20-19(25-13(3)4)8-15(6)26-20/h12-21H,7-11H2,1-6H3,(H,22,23)/p-1. The summed E-state index contributed by atoms with van der Waals surface area (Å²) in [5.41, 5.74) is 0. The number of aliphatic hydroxyl groups excluding tert-OH is 1. The normalized spacial score (nSPS) is 37.5. The Bertz CT molecular complexity index is 547. The van der Waals surface area contributed by atoms with E-state index in [2.05, 4.69) is 0 Å². The maximum absolute atomic E-state index is 12.7. The number of aliphatic hydroxyl groups is 1. The second-order valence-electron chi connectivity index (χ2n) is 8.94. The van der Waals surface area contributed by atoms with Crippen LogP contribution in [0.4, 0.5) is 0 Å². The lowest BCUT2D eigenvalue weighted by atomic mass is 9.91. The molecule has 1 aliphatic heterocycles. The van der Waals surface area contributed by atoms with Crippen LogP contribution in [0.5, 0.6) is 0 Å². The van der Waals surface area contributed by atoms with Crippen LogP contribution in [0.2, 0.25) is 0 Å². The summed E-state index contributed by atoms with van der Waals surface area (Å²) in [6.45, 7) is 8.07. The van der Waals surface area contributed by atoms with Gasteiger partial charge < -0.3 is 28.7 Å². The fourth-order valence-electron chi connectivity index (χ4n) is 4.31. The summed E-state index contributed by atoms with van der Waals surface area (Å²) in [6, 6.07) is 0. The summed E-state index contributed by atoms with van der Waals surface area (Å²) >= 11 is 0.802. The number of hydrogen-bond donors (Lipinski definition) is 1. The largest absolute Gasteiger partial charge is 0.770 e. The summed E-state index contributed by atoms with van der Waals surface area (Å²) < 4.78 is 35.8. The Morgan fingerprint density at radius 3 is 2.41 bits per heavy atom. The average molecular weight is 454 g/mol. The summed E-state index contributed by atoms with van der Waals surface area (Å²) in [5, 5.41) is 9.77. The molecule has 0 amide bonds. The molecule has 8 atom stereocenters. The highest BCUT2D eigenvalue weighted by atomic mass is 32.7. The monoisotopic (exact) mass is 453 g/mol. The first kappa shape index (κ1) is 25.6. The number of hydrogen-bond acceptors (Lipinski definition) is 8. The van der Waals surface area contributed by atoms with E-state index in [9.17, 15) is 14.6 Å². The molecule has 29 heavy (non-hydrogen) atoms. The van der Waals surface area contributed by atoms with E-state index in [4.69, 9.17) is 18.7 Å². The van der Waals surface area contributed by atoms with Gasteiger partial charge in [-0.2, -0.15) is 0 Å². The summed E-state index contributed by atoms with van der Waals surface area (Å²) in [6.07, 6.45) is 0.678. The van der Waals surface area contributed by atoms with Gasteiger partial charge in [0.15, 0.2) is 6.80 Å². The summed E-state index contributed by atoms with van der Waals surface area (Å²) in [5.74, 6) is 0.298. The molecule has 2 aliphatic rings. The molecule has 8 unspecified atom stereocenters. The van der Waals surface area contributed by atoms with E-state index < -0.39 is 12.9 Å². The third-order valence-corrected chi connectivity index (χ3v) is 8.67. The van der Waals surface area contributed by atoms with Crippen molar-refractivity contribution in [3.8, 4) is 0 Å². The van der Waals surface area contributed by atoms with Gasteiger partial charge in [0.2, 0.25) is 0 Å².